The molecule has 1 amide bonds. The molecule has 0 bridgehead atoms. The molecular weight excluding hydrogens is 423 g/mol. The maximum Gasteiger partial charge on any atom is 0.264 e. The highest BCUT2D eigenvalue weighted by atomic mass is 35.5. The van der Waals surface area contributed by atoms with Crippen LogP contribution in [0.3, 0.4) is 0 Å². The van der Waals surface area contributed by atoms with Crippen LogP contribution in [0, 0.1) is 0 Å². The summed E-state index contributed by atoms with van der Waals surface area (Å²) in [4.78, 5) is 21.0. The predicted octanol–water partition coefficient (Wildman–Crippen LogP) is 4.77. The Labute approximate surface area is 179 Å². The highest BCUT2D eigenvalue weighted by Gasteiger charge is 2.24. The van der Waals surface area contributed by atoms with Gasteiger partial charge in [-0.25, -0.2) is 4.98 Å². The van der Waals surface area contributed by atoms with E-state index in [1.807, 2.05) is 48.3 Å². The Morgan fingerprint density at radius 1 is 1.19 bits per heavy atom. The molecule has 1 saturated heterocycles. The number of fused-ring (bicyclic) bond motifs is 1. The van der Waals surface area contributed by atoms with Gasteiger partial charge < -0.3 is 15.5 Å². The number of rotatable bonds is 4. The van der Waals surface area contributed by atoms with Gasteiger partial charge in [-0.15, -0.1) is 36.2 Å². The summed E-state index contributed by atoms with van der Waals surface area (Å²) in [7, 11) is 1.92. The van der Waals surface area contributed by atoms with E-state index in [1.165, 1.54) is 11.3 Å². The highest BCUT2D eigenvalue weighted by molar-refractivity contribution is 7.29. The molecule has 0 atom stereocenters. The number of carbonyl (C=O) groups is 1. The van der Waals surface area contributed by atoms with Gasteiger partial charge in [0.1, 0.15) is 4.83 Å². The summed E-state index contributed by atoms with van der Waals surface area (Å²) < 4.78 is 1.06. The van der Waals surface area contributed by atoms with Crippen LogP contribution in [0.25, 0.3) is 9.53 Å². The lowest BCUT2D eigenvalue weighted by Gasteiger charge is -2.31. The Morgan fingerprint density at radius 3 is 2.56 bits per heavy atom. The molecule has 2 N–H and O–H groups in total. The summed E-state index contributed by atoms with van der Waals surface area (Å²) in [5.41, 5.74) is 1.02. The van der Waals surface area contributed by atoms with E-state index in [4.69, 9.17) is 0 Å². The van der Waals surface area contributed by atoms with Gasteiger partial charge in [0.25, 0.3) is 5.91 Å². The van der Waals surface area contributed by atoms with Gasteiger partial charge in [0.05, 0.1) is 9.58 Å². The number of thiophene rings is 1. The van der Waals surface area contributed by atoms with Gasteiger partial charge in [0.2, 0.25) is 0 Å². The molecule has 3 aromatic rings. The van der Waals surface area contributed by atoms with Crippen LogP contribution in [0.2, 0.25) is 0 Å². The van der Waals surface area contributed by atoms with E-state index in [2.05, 4.69) is 15.6 Å². The third kappa shape index (κ3) is 4.92. The molecule has 5 nitrogen and oxygen atoms in total. The van der Waals surface area contributed by atoms with Crippen molar-refractivity contribution < 1.29 is 4.79 Å². The molecular formula is C18H22Cl2N4OS2. The van der Waals surface area contributed by atoms with Gasteiger partial charge in [-0.2, -0.15) is 0 Å². The third-order valence-corrected chi connectivity index (χ3v) is 6.57. The lowest BCUT2D eigenvalue weighted by molar-refractivity contribution is 0.0708. The second-order valence-electron chi connectivity index (χ2n) is 6.19. The van der Waals surface area contributed by atoms with E-state index in [0.717, 1.165) is 51.2 Å². The second kappa shape index (κ2) is 9.71. The number of benzene rings is 1. The van der Waals surface area contributed by atoms with Crippen molar-refractivity contribution in [2.75, 3.05) is 25.5 Å². The van der Waals surface area contributed by atoms with E-state index >= 15 is 0 Å². The zero-order valence-electron chi connectivity index (χ0n) is 14.8. The Kier molecular flexibility index (Phi) is 7.88. The number of nitrogens with zero attached hydrogens (tertiary/aromatic N) is 2. The van der Waals surface area contributed by atoms with E-state index in [0.29, 0.717) is 6.04 Å². The first-order chi connectivity index (χ1) is 12.2. The maximum atomic E-state index is 12.8. The monoisotopic (exact) mass is 444 g/mol. The first-order valence-corrected chi connectivity index (χ1v) is 10.0. The lowest BCUT2D eigenvalue weighted by atomic mass is 10.1. The molecule has 0 radical (unpaired) electrons. The number of anilines is 2. The Morgan fingerprint density at radius 2 is 1.89 bits per heavy atom. The van der Waals surface area contributed by atoms with Crippen LogP contribution in [0.15, 0.2) is 36.4 Å². The molecule has 1 aromatic carbocycles. The van der Waals surface area contributed by atoms with Crippen LogP contribution in [0.1, 0.15) is 22.5 Å². The van der Waals surface area contributed by atoms with Gasteiger partial charge in [-0.05, 0) is 44.1 Å². The van der Waals surface area contributed by atoms with Gasteiger partial charge in [0, 0.05) is 18.8 Å². The maximum absolute atomic E-state index is 12.8. The zero-order valence-corrected chi connectivity index (χ0v) is 18.1. The summed E-state index contributed by atoms with van der Waals surface area (Å²) in [6, 6.07) is 12.3. The largest absolute Gasteiger partial charge is 0.338 e. The van der Waals surface area contributed by atoms with Crippen LogP contribution in [-0.2, 0) is 0 Å². The number of amides is 1. The van der Waals surface area contributed by atoms with Gasteiger partial charge in [0.15, 0.2) is 5.13 Å². The van der Waals surface area contributed by atoms with Crippen molar-refractivity contribution in [1.82, 2.24) is 15.2 Å². The molecule has 1 fully saturated rings. The second-order valence-corrected chi connectivity index (χ2v) is 8.25. The number of carbonyl (C=O) groups excluding carboxylic acids is 1. The number of hydrogen-bond donors (Lipinski definition) is 2. The van der Waals surface area contributed by atoms with Crippen molar-refractivity contribution in [3.8, 4) is 0 Å². The molecule has 0 spiro atoms. The minimum absolute atomic E-state index is 0. The highest BCUT2D eigenvalue weighted by Crippen LogP contribution is 2.34. The number of piperidine rings is 1. The molecule has 1 aliphatic rings. The van der Waals surface area contributed by atoms with Gasteiger partial charge in [-0.3, -0.25) is 4.79 Å². The van der Waals surface area contributed by atoms with Crippen molar-refractivity contribution in [1.29, 1.82) is 0 Å². The van der Waals surface area contributed by atoms with Crippen molar-refractivity contribution >= 4 is 73.7 Å². The van der Waals surface area contributed by atoms with Crippen molar-refractivity contribution in [3.63, 3.8) is 0 Å². The van der Waals surface area contributed by atoms with Gasteiger partial charge >= 0.3 is 0 Å². The number of thiazole rings is 1. The van der Waals surface area contributed by atoms with E-state index < -0.39 is 0 Å². The summed E-state index contributed by atoms with van der Waals surface area (Å²) in [5, 5.41) is 7.51. The number of nitrogens with one attached hydrogen (secondary N) is 2. The fourth-order valence-electron chi connectivity index (χ4n) is 3.07. The number of hydrogen-bond acceptors (Lipinski definition) is 6. The van der Waals surface area contributed by atoms with E-state index in [-0.39, 0.29) is 30.7 Å². The smallest absolute Gasteiger partial charge is 0.264 e. The SMILES string of the molecule is CN(C(=O)c1cc2sc(Nc3ccccc3)nc2s1)C1CCNCC1.Cl.Cl. The van der Waals surface area contributed by atoms with Crippen LogP contribution >= 0.6 is 47.5 Å². The van der Waals surface area contributed by atoms with Crippen LogP contribution in [-0.4, -0.2) is 42.0 Å². The van der Waals surface area contributed by atoms with Crippen LogP contribution in [0.4, 0.5) is 10.8 Å². The Balaban J connectivity index is 0.00000131. The summed E-state index contributed by atoms with van der Waals surface area (Å²) in [6.45, 7) is 1.97. The number of para-hydroxylation sites is 1. The zero-order chi connectivity index (χ0) is 17.2. The molecule has 0 aliphatic carbocycles. The molecule has 3 heterocycles. The lowest BCUT2D eigenvalue weighted by Crippen LogP contribution is -2.43. The fraction of sp³-hybridized carbons (Fsp3) is 0.333. The standard InChI is InChI=1S/C18H20N4OS2.2ClH/c1-22(13-7-9-19-10-8-13)17(23)15-11-14-16(24-15)21-18(25-14)20-12-5-3-2-4-6-12;;/h2-6,11,13,19H,7-10H2,1H3,(H,20,21);2*1H. The number of halogens is 2. The topological polar surface area (TPSA) is 57.3 Å². The predicted molar refractivity (Wildman–Crippen MR) is 120 cm³/mol. The average Bonchev–Trinajstić information content (AvgIpc) is 3.20. The summed E-state index contributed by atoms with van der Waals surface area (Å²) in [5.74, 6) is 0.111. The molecule has 9 heteroatoms. The first-order valence-electron chi connectivity index (χ1n) is 8.41. The molecule has 27 heavy (non-hydrogen) atoms. The Bertz CT molecular complexity index is 847. The molecule has 2 aromatic heterocycles. The minimum atomic E-state index is 0. The van der Waals surface area contributed by atoms with Crippen molar-refractivity contribution in [2.45, 2.75) is 18.9 Å². The number of aromatic nitrogens is 1. The minimum Gasteiger partial charge on any atom is -0.338 e. The van der Waals surface area contributed by atoms with E-state index in [9.17, 15) is 4.79 Å². The first kappa shape index (κ1) is 21.9. The van der Waals surface area contributed by atoms with Crippen molar-refractivity contribution in [2.24, 2.45) is 0 Å². The van der Waals surface area contributed by atoms with Crippen LogP contribution < -0.4 is 10.6 Å². The molecule has 0 unspecified atom stereocenters. The van der Waals surface area contributed by atoms with Crippen molar-refractivity contribution in [3.05, 3.63) is 41.3 Å². The average molecular weight is 445 g/mol. The summed E-state index contributed by atoms with van der Waals surface area (Å²) in [6.07, 6.45) is 2.04. The third-order valence-electron chi connectivity index (χ3n) is 4.50. The molecule has 1 aliphatic heterocycles. The normalized spacial score (nSPS) is 14.3. The molecule has 0 saturated carbocycles. The molecule has 146 valence electrons. The fourth-order valence-corrected chi connectivity index (χ4v) is 5.19. The van der Waals surface area contributed by atoms with Crippen LogP contribution in [0.5, 0.6) is 0 Å². The molecule has 4 rings (SSSR count). The van der Waals surface area contributed by atoms with E-state index in [1.54, 1.807) is 11.3 Å². The van der Waals surface area contributed by atoms with Gasteiger partial charge in [-0.1, -0.05) is 29.5 Å². The quantitative estimate of drug-likeness (QED) is 0.608. The Hall–Kier alpha value is -1.38. The summed E-state index contributed by atoms with van der Waals surface area (Å²) >= 11 is 3.07.